The lowest BCUT2D eigenvalue weighted by Crippen LogP contribution is -2.12. The Balaban J connectivity index is 2.30. The van der Waals surface area contributed by atoms with Gasteiger partial charge < -0.3 is 9.84 Å². The van der Waals surface area contributed by atoms with Crippen LogP contribution in [0.25, 0.3) is 0 Å². The van der Waals surface area contributed by atoms with Gasteiger partial charge in [0, 0.05) is 6.92 Å². The summed E-state index contributed by atoms with van der Waals surface area (Å²) < 4.78 is 18.0. The Kier molecular flexibility index (Phi) is 3.92. The number of anilines is 1. The minimum atomic E-state index is -0.661. The van der Waals surface area contributed by atoms with Crippen LogP contribution in [0.3, 0.4) is 0 Å². The van der Waals surface area contributed by atoms with Crippen molar-refractivity contribution in [3.63, 3.8) is 0 Å². The number of benzene rings is 1. The maximum absolute atomic E-state index is 13.1. The molecule has 8 heteroatoms. The number of hydrogen-bond donors (Lipinski definition) is 1. The Bertz CT molecular complexity index is 629. The average Bonchev–Trinajstić information content (AvgIpc) is 2.83. The van der Waals surface area contributed by atoms with Gasteiger partial charge in [-0.15, -0.1) is 0 Å². The summed E-state index contributed by atoms with van der Waals surface area (Å²) in [5.41, 5.74) is -0.116. The van der Waals surface area contributed by atoms with Crippen LogP contribution in [0.15, 0.2) is 22.7 Å². The lowest BCUT2D eigenvalue weighted by molar-refractivity contribution is -0.384. The van der Waals surface area contributed by atoms with Gasteiger partial charge in [-0.05, 0) is 18.6 Å². The van der Waals surface area contributed by atoms with Crippen molar-refractivity contribution in [2.24, 2.45) is 0 Å². The fourth-order valence-electron chi connectivity index (χ4n) is 1.77. The summed E-state index contributed by atoms with van der Waals surface area (Å²) in [6, 6.07) is 3.00. The highest BCUT2D eigenvalue weighted by Crippen LogP contribution is 2.29. The Morgan fingerprint density at radius 1 is 1.55 bits per heavy atom. The first-order valence-corrected chi connectivity index (χ1v) is 6.02. The second-order valence-electron chi connectivity index (χ2n) is 4.20. The normalized spacial score (nSPS) is 12.2. The lowest BCUT2D eigenvalue weighted by atomic mass is 10.2. The van der Waals surface area contributed by atoms with Gasteiger partial charge in [0.1, 0.15) is 11.5 Å². The van der Waals surface area contributed by atoms with Crippen LogP contribution in [0.2, 0.25) is 0 Å². The number of hydrogen-bond acceptors (Lipinski definition) is 6. The fraction of sp³-hybridized carbons (Fsp3) is 0.333. The van der Waals surface area contributed by atoms with Crippen LogP contribution in [0.4, 0.5) is 15.8 Å². The number of rotatable bonds is 5. The molecule has 1 heterocycles. The summed E-state index contributed by atoms with van der Waals surface area (Å²) in [6.45, 7) is 3.53. The molecule has 1 atom stereocenters. The Morgan fingerprint density at radius 3 is 2.85 bits per heavy atom. The van der Waals surface area contributed by atoms with Crippen molar-refractivity contribution >= 4 is 11.4 Å². The standard InChI is InChI=1S/C12H13FN4O3/c1-3-9(12-14-7(2)20-16-12)15-10-5-4-8(13)6-11(10)17(18)19/h4-6,9,15H,3H2,1-2H3. The summed E-state index contributed by atoms with van der Waals surface area (Å²) in [7, 11) is 0. The summed E-state index contributed by atoms with van der Waals surface area (Å²) in [6.07, 6.45) is 0.591. The third-order valence-electron chi connectivity index (χ3n) is 2.75. The molecule has 2 rings (SSSR count). The number of halogens is 1. The minimum Gasteiger partial charge on any atom is -0.369 e. The van der Waals surface area contributed by atoms with Crippen LogP contribution in [-0.2, 0) is 0 Å². The van der Waals surface area contributed by atoms with Crippen LogP contribution in [0.1, 0.15) is 31.1 Å². The molecule has 0 amide bonds. The molecule has 0 aliphatic heterocycles. The second-order valence-corrected chi connectivity index (χ2v) is 4.20. The van der Waals surface area contributed by atoms with E-state index in [1.165, 1.54) is 6.07 Å². The highest BCUT2D eigenvalue weighted by molar-refractivity contribution is 5.62. The molecule has 106 valence electrons. The quantitative estimate of drug-likeness (QED) is 0.668. The van der Waals surface area contributed by atoms with Crippen molar-refractivity contribution in [2.45, 2.75) is 26.3 Å². The van der Waals surface area contributed by atoms with E-state index in [4.69, 9.17) is 4.52 Å². The van der Waals surface area contributed by atoms with E-state index in [0.717, 1.165) is 12.1 Å². The molecule has 7 nitrogen and oxygen atoms in total. The third kappa shape index (κ3) is 2.90. The van der Waals surface area contributed by atoms with Crippen molar-refractivity contribution in [3.05, 3.63) is 45.8 Å². The zero-order chi connectivity index (χ0) is 14.7. The first kappa shape index (κ1) is 13.9. The number of aryl methyl sites for hydroxylation is 1. The van der Waals surface area contributed by atoms with E-state index in [1.807, 2.05) is 6.92 Å². The van der Waals surface area contributed by atoms with Crippen LogP contribution in [0, 0.1) is 22.9 Å². The molecule has 1 aromatic heterocycles. The number of nitrogens with zero attached hydrogens (tertiary/aromatic N) is 3. The van der Waals surface area contributed by atoms with E-state index < -0.39 is 10.7 Å². The Morgan fingerprint density at radius 2 is 2.30 bits per heavy atom. The molecular formula is C12H13FN4O3. The zero-order valence-electron chi connectivity index (χ0n) is 11.0. The first-order chi connectivity index (χ1) is 9.51. The van der Waals surface area contributed by atoms with Crippen molar-refractivity contribution in [3.8, 4) is 0 Å². The molecule has 0 fully saturated rings. The van der Waals surface area contributed by atoms with E-state index in [2.05, 4.69) is 15.5 Å². The van der Waals surface area contributed by atoms with Crippen LogP contribution < -0.4 is 5.32 Å². The summed E-state index contributed by atoms with van der Waals surface area (Å²) in [5, 5.41) is 17.7. The molecule has 0 aliphatic carbocycles. The van der Waals surface area contributed by atoms with Gasteiger partial charge in [-0.25, -0.2) is 4.39 Å². The predicted molar refractivity (Wildman–Crippen MR) is 68.7 cm³/mol. The number of nitro groups is 1. The molecule has 0 saturated heterocycles. The van der Waals surface area contributed by atoms with E-state index in [-0.39, 0.29) is 17.4 Å². The molecule has 2 aromatic rings. The van der Waals surface area contributed by atoms with Gasteiger partial charge in [0.05, 0.1) is 17.0 Å². The zero-order valence-corrected chi connectivity index (χ0v) is 11.0. The second kappa shape index (κ2) is 5.64. The molecule has 0 bridgehead atoms. The summed E-state index contributed by atoms with van der Waals surface area (Å²) in [4.78, 5) is 14.4. The monoisotopic (exact) mass is 280 g/mol. The van der Waals surface area contributed by atoms with E-state index in [1.54, 1.807) is 6.92 Å². The van der Waals surface area contributed by atoms with Gasteiger partial charge in [0.25, 0.3) is 5.69 Å². The predicted octanol–water partition coefficient (Wildman–Crippen LogP) is 2.99. The largest absolute Gasteiger partial charge is 0.369 e. The van der Waals surface area contributed by atoms with E-state index in [9.17, 15) is 14.5 Å². The average molecular weight is 280 g/mol. The van der Waals surface area contributed by atoms with Crippen molar-refractivity contribution < 1.29 is 13.8 Å². The molecule has 0 radical (unpaired) electrons. The lowest BCUT2D eigenvalue weighted by Gasteiger charge is -2.14. The highest BCUT2D eigenvalue weighted by Gasteiger charge is 2.21. The summed E-state index contributed by atoms with van der Waals surface area (Å²) in [5.74, 6) is 0.156. The fourth-order valence-corrected chi connectivity index (χ4v) is 1.77. The number of aromatic nitrogens is 2. The summed E-state index contributed by atoms with van der Waals surface area (Å²) >= 11 is 0. The van der Waals surface area contributed by atoms with E-state index >= 15 is 0 Å². The van der Waals surface area contributed by atoms with E-state index in [0.29, 0.717) is 18.1 Å². The van der Waals surface area contributed by atoms with Crippen LogP contribution in [0.5, 0.6) is 0 Å². The van der Waals surface area contributed by atoms with Crippen molar-refractivity contribution in [1.29, 1.82) is 0 Å². The highest BCUT2D eigenvalue weighted by atomic mass is 19.1. The Labute approximate surface area is 114 Å². The molecule has 1 aromatic carbocycles. The first-order valence-electron chi connectivity index (χ1n) is 6.02. The molecular weight excluding hydrogens is 267 g/mol. The van der Waals surface area contributed by atoms with Gasteiger partial charge >= 0.3 is 0 Å². The molecule has 20 heavy (non-hydrogen) atoms. The SMILES string of the molecule is CCC(Nc1ccc(F)cc1[N+](=O)[O-])c1noc(C)n1. The van der Waals surface area contributed by atoms with Crippen molar-refractivity contribution in [2.75, 3.05) is 5.32 Å². The number of nitro benzene ring substituents is 1. The maximum Gasteiger partial charge on any atom is 0.295 e. The van der Waals surface area contributed by atoms with Crippen molar-refractivity contribution in [1.82, 2.24) is 10.1 Å². The van der Waals surface area contributed by atoms with Gasteiger partial charge in [0.2, 0.25) is 5.89 Å². The molecule has 0 saturated carbocycles. The minimum absolute atomic E-state index is 0.214. The topological polar surface area (TPSA) is 94.1 Å². The molecule has 0 spiro atoms. The molecule has 1 N–H and O–H groups in total. The van der Waals surface area contributed by atoms with Crippen LogP contribution >= 0.6 is 0 Å². The number of nitrogens with one attached hydrogen (secondary N) is 1. The van der Waals surface area contributed by atoms with Gasteiger partial charge in [-0.1, -0.05) is 12.1 Å². The molecule has 0 aliphatic rings. The van der Waals surface area contributed by atoms with Gasteiger partial charge in [0.15, 0.2) is 5.82 Å². The van der Waals surface area contributed by atoms with Gasteiger partial charge in [-0.3, -0.25) is 10.1 Å². The molecule has 1 unspecified atom stereocenters. The third-order valence-corrected chi connectivity index (χ3v) is 2.75. The van der Waals surface area contributed by atoms with Crippen LogP contribution in [-0.4, -0.2) is 15.1 Å². The van der Waals surface area contributed by atoms with Gasteiger partial charge in [-0.2, -0.15) is 4.98 Å². The maximum atomic E-state index is 13.1. The smallest absolute Gasteiger partial charge is 0.295 e. The Hall–Kier alpha value is -2.51.